The number of hydrogen-bond donors (Lipinski definition) is 2. The molecule has 0 unspecified atom stereocenters. The average molecular weight is 575 g/mol. The maximum atomic E-state index is 13.8. The molecule has 0 saturated heterocycles. The van der Waals surface area contributed by atoms with E-state index >= 15 is 0 Å². The summed E-state index contributed by atoms with van der Waals surface area (Å²) in [6.07, 6.45) is -0.763. The van der Waals surface area contributed by atoms with Crippen molar-refractivity contribution in [2.75, 3.05) is 14.2 Å². The number of aromatic hydroxyl groups is 2. The third-order valence-corrected chi connectivity index (χ3v) is 8.13. The normalized spacial score (nSPS) is 21.4. The lowest BCUT2D eigenvalue weighted by Crippen LogP contribution is -2.27. The highest BCUT2D eigenvalue weighted by molar-refractivity contribution is 5.83. The van der Waals surface area contributed by atoms with E-state index in [9.17, 15) is 19.0 Å². The molecule has 218 valence electrons. The zero-order valence-electron chi connectivity index (χ0n) is 23.8. The highest BCUT2D eigenvalue weighted by atomic mass is 19.1. The zero-order valence-corrected chi connectivity index (χ0v) is 23.8. The van der Waals surface area contributed by atoms with E-state index in [-0.39, 0.29) is 35.3 Å². The largest absolute Gasteiger partial charge is 0.504 e. The summed E-state index contributed by atoms with van der Waals surface area (Å²) in [4.78, 5) is 0. The molecule has 8 heteroatoms. The summed E-state index contributed by atoms with van der Waals surface area (Å²) in [6.45, 7) is 3.91. The Morgan fingerprint density at radius 2 is 1.19 bits per heavy atom. The molecule has 42 heavy (non-hydrogen) atoms. The minimum absolute atomic E-state index is 0.209. The van der Waals surface area contributed by atoms with E-state index in [0.29, 0.717) is 41.0 Å². The molecule has 6 rings (SSSR count). The standard InChI is InChI=1S/C34H32F2O6/c1-17-13-23-24(15-26(37)32(38)31(23)34(42-17)20-7-11-22(36)12-8-20)29-25-14-18(2)41-33(19-5-9-21(35)10-6-19)30(25)28(40-4)16-27(29)39-3/h5-12,15-18,33-34,37-38H,13-14H2,1-4H3/t17-,18+,33-,34+/m0/s1. The second-order valence-corrected chi connectivity index (χ2v) is 10.9. The van der Waals surface area contributed by atoms with Crippen LogP contribution in [0.4, 0.5) is 8.78 Å². The van der Waals surface area contributed by atoms with Gasteiger partial charge in [-0.1, -0.05) is 24.3 Å². The van der Waals surface area contributed by atoms with Crippen LogP contribution in [0.25, 0.3) is 11.1 Å². The Morgan fingerprint density at radius 3 is 1.71 bits per heavy atom. The Morgan fingerprint density at radius 1 is 0.690 bits per heavy atom. The molecule has 0 bridgehead atoms. The Balaban J connectivity index is 1.64. The lowest BCUT2D eigenvalue weighted by molar-refractivity contribution is 0.00515. The topological polar surface area (TPSA) is 77.4 Å². The van der Waals surface area contributed by atoms with Crippen molar-refractivity contribution in [1.82, 2.24) is 0 Å². The van der Waals surface area contributed by atoms with Crippen LogP contribution in [-0.2, 0) is 22.3 Å². The number of rotatable bonds is 5. The van der Waals surface area contributed by atoms with Crippen LogP contribution in [0.15, 0.2) is 60.7 Å². The number of ether oxygens (including phenoxy) is 4. The molecule has 0 aromatic heterocycles. The first kappa shape index (κ1) is 28.0. The van der Waals surface area contributed by atoms with Crippen molar-refractivity contribution >= 4 is 0 Å². The van der Waals surface area contributed by atoms with Gasteiger partial charge in [-0.3, -0.25) is 0 Å². The Hall–Kier alpha value is -4.14. The van der Waals surface area contributed by atoms with Crippen LogP contribution in [0.1, 0.15) is 59.4 Å². The first-order valence-corrected chi connectivity index (χ1v) is 13.9. The lowest BCUT2D eigenvalue weighted by Gasteiger charge is -2.36. The van der Waals surface area contributed by atoms with Gasteiger partial charge < -0.3 is 29.2 Å². The molecular weight excluding hydrogens is 542 g/mol. The third-order valence-electron chi connectivity index (χ3n) is 8.13. The predicted octanol–water partition coefficient (Wildman–Crippen LogP) is 7.16. The smallest absolute Gasteiger partial charge is 0.164 e. The van der Waals surface area contributed by atoms with Crippen LogP contribution in [0, 0.1) is 11.6 Å². The minimum Gasteiger partial charge on any atom is -0.504 e. The van der Waals surface area contributed by atoms with Crippen molar-refractivity contribution in [3.63, 3.8) is 0 Å². The van der Waals surface area contributed by atoms with E-state index in [1.165, 1.54) is 24.3 Å². The molecule has 2 aliphatic rings. The molecule has 2 N–H and O–H groups in total. The van der Waals surface area contributed by atoms with Gasteiger partial charge in [0, 0.05) is 22.8 Å². The average Bonchev–Trinajstić information content (AvgIpc) is 2.98. The van der Waals surface area contributed by atoms with Gasteiger partial charge in [0.15, 0.2) is 11.5 Å². The second-order valence-electron chi connectivity index (χ2n) is 10.9. The fourth-order valence-corrected chi connectivity index (χ4v) is 6.31. The summed E-state index contributed by atoms with van der Waals surface area (Å²) in [6, 6.07) is 15.5. The zero-order chi connectivity index (χ0) is 29.7. The van der Waals surface area contributed by atoms with Crippen LogP contribution >= 0.6 is 0 Å². The number of fused-ring (bicyclic) bond motifs is 2. The molecule has 0 fully saturated rings. The number of benzene rings is 4. The van der Waals surface area contributed by atoms with E-state index in [0.717, 1.165) is 27.8 Å². The fraction of sp³-hybridized carbons (Fsp3) is 0.294. The molecular formula is C34H32F2O6. The summed E-state index contributed by atoms with van der Waals surface area (Å²) < 4.78 is 52.1. The van der Waals surface area contributed by atoms with Gasteiger partial charge in [0.1, 0.15) is 35.3 Å². The third kappa shape index (κ3) is 4.74. The highest BCUT2D eigenvalue weighted by Gasteiger charge is 2.38. The van der Waals surface area contributed by atoms with E-state index < -0.39 is 12.2 Å². The minimum atomic E-state index is -0.732. The van der Waals surface area contributed by atoms with Crippen molar-refractivity contribution in [2.45, 2.75) is 51.1 Å². The molecule has 2 aliphatic heterocycles. The van der Waals surface area contributed by atoms with Crippen molar-refractivity contribution in [3.8, 4) is 34.1 Å². The summed E-state index contributed by atoms with van der Waals surface area (Å²) in [5.41, 5.74) is 5.77. The predicted molar refractivity (Wildman–Crippen MR) is 153 cm³/mol. The van der Waals surface area contributed by atoms with Crippen LogP contribution in [0.3, 0.4) is 0 Å². The Labute approximate surface area is 243 Å². The molecule has 2 heterocycles. The first-order chi connectivity index (χ1) is 20.2. The molecule has 0 radical (unpaired) electrons. The molecule has 0 spiro atoms. The van der Waals surface area contributed by atoms with E-state index in [1.807, 2.05) is 13.8 Å². The molecule has 0 aliphatic carbocycles. The molecule has 4 aromatic carbocycles. The number of halogens is 2. The maximum Gasteiger partial charge on any atom is 0.164 e. The fourth-order valence-electron chi connectivity index (χ4n) is 6.31. The number of methoxy groups -OCH3 is 2. The van der Waals surface area contributed by atoms with Gasteiger partial charge in [0.05, 0.1) is 26.4 Å². The maximum absolute atomic E-state index is 13.8. The van der Waals surface area contributed by atoms with Gasteiger partial charge in [-0.2, -0.15) is 0 Å². The molecule has 4 atom stereocenters. The van der Waals surface area contributed by atoms with Gasteiger partial charge in [0.25, 0.3) is 0 Å². The quantitative estimate of drug-likeness (QED) is 0.246. The van der Waals surface area contributed by atoms with Crippen molar-refractivity contribution in [3.05, 3.63) is 106 Å². The Kier molecular flexibility index (Phi) is 7.29. The van der Waals surface area contributed by atoms with E-state index in [2.05, 4.69) is 0 Å². The van der Waals surface area contributed by atoms with Crippen molar-refractivity contribution < 1.29 is 37.9 Å². The molecule has 4 aromatic rings. The van der Waals surface area contributed by atoms with Crippen molar-refractivity contribution in [2.24, 2.45) is 0 Å². The van der Waals surface area contributed by atoms with Gasteiger partial charge in [-0.05, 0) is 84.8 Å². The summed E-state index contributed by atoms with van der Waals surface area (Å²) >= 11 is 0. The van der Waals surface area contributed by atoms with E-state index in [1.54, 1.807) is 50.6 Å². The number of hydrogen-bond acceptors (Lipinski definition) is 6. The second kappa shape index (κ2) is 10.9. The number of phenolic OH excluding ortho intramolecular Hbond substituents is 2. The van der Waals surface area contributed by atoms with Gasteiger partial charge in [0.2, 0.25) is 0 Å². The van der Waals surface area contributed by atoms with Crippen LogP contribution in [0.5, 0.6) is 23.0 Å². The summed E-state index contributed by atoms with van der Waals surface area (Å²) in [5.74, 6) is -0.228. The highest BCUT2D eigenvalue weighted by Crippen LogP contribution is 2.54. The van der Waals surface area contributed by atoms with Gasteiger partial charge in [-0.25, -0.2) is 8.78 Å². The Bertz CT molecular complexity index is 1630. The summed E-state index contributed by atoms with van der Waals surface area (Å²) in [7, 11) is 3.15. The van der Waals surface area contributed by atoms with Gasteiger partial charge in [-0.15, -0.1) is 0 Å². The first-order valence-electron chi connectivity index (χ1n) is 13.9. The lowest BCUT2D eigenvalue weighted by atomic mass is 9.79. The molecule has 0 saturated carbocycles. The number of phenols is 2. The monoisotopic (exact) mass is 574 g/mol. The van der Waals surface area contributed by atoms with Crippen LogP contribution < -0.4 is 9.47 Å². The van der Waals surface area contributed by atoms with Crippen LogP contribution in [0.2, 0.25) is 0 Å². The van der Waals surface area contributed by atoms with Crippen molar-refractivity contribution in [1.29, 1.82) is 0 Å². The van der Waals surface area contributed by atoms with Gasteiger partial charge >= 0.3 is 0 Å². The molecule has 6 nitrogen and oxygen atoms in total. The SMILES string of the molecule is COc1cc(OC)c2c(c1-c1cc(O)c(O)c3c1C[C@H](C)O[C@@H]3c1ccc(F)cc1)C[C@@H](C)O[C@H]2c1ccc(F)cc1. The molecule has 0 amide bonds. The van der Waals surface area contributed by atoms with Crippen LogP contribution in [-0.4, -0.2) is 36.6 Å². The summed E-state index contributed by atoms with van der Waals surface area (Å²) in [5, 5.41) is 22.3. The van der Waals surface area contributed by atoms with E-state index in [4.69, 9.17) is 18.9 Å².